The van der Waals surface area contributed by atoms with E-state index in [0.717, 1.165) is 4.47 Å². The van der Waals surface area contributed by atoms with E-state index in [0.29, 0.717) is 5.69 Å². The van der Waals surface area contributed by atoms with E-state index in [1.165, 1.54) is 17.1 Å². The summed E-state index contributed by atoms with van der Waals surface area (Å²) < 4.78 is 28.8. The average molecular weight is 361 g/mol. The van der Waals surface area contributed by atoms with Crippen LogP contribution in [-0.4, -0.2) is 34.9 Å². The van der Waals surface area contributed by atoms with Crippen LogP contribution in [0.5, 0.6) is 0 Å². The summed E-state index contributed by atoms with van der Waals surface area (Å²) in [4.78, 5) is 4.14. The zero-order valence-corrected chi connectivity index (χ0v) is 13.0. The third-order valence-corrected chi connectivity index (χ3v) is 4.66. The lowest BCUT2D eigenvalue weighted by molar-refractivity contribution is 0.269. The molecular weight excluding hydrogens is 348 g/mol. The summed E-state index contributed by atoms with van der Waals surface area (Å²) in [6, 6.07) is 3.28. The van der Waals surface area contributed by atoms with Gasteiger partial charge in [0.15, 0.2) is 0 Å². The molecule has 0 saturated heterocycles. The number of anilines is 1. The van der Waals surface area contributed by atoms with Crippen molar-refractivity contribution in [3.63, 3.8) is 0 Å². The van der Waals surface area contributed by atoms with Crippen molar-refractivity contribution in [3.8, 4) is 0 Å². The second kappa shape index (κ2) is 5.90. The molecule has 0 amide bonds. The fourth-order valence-corrected chi connectivity index (χ4v) is 2.68. The predicted molar refractivity (Wildman–Crippen MR) is 76.8 cm³/mol. The van der Waals surface area contributed by atoms with Crippen molar-refractivity contribution < 1.29 is 13.5 Å². The molecule has 0 radical (unpaired) electrons. The molecule has 108 valence electrons. The average Bonchev–Trinajstić information content (AvgIpc) is 2.83. The number of hydrogen-bond donors (Lipinski definition) is 2. The Morgan fingerprint density at radius 2 is 2.20 bits per heavy atom. The Labute approximate surface area is 124 Å². The first kappa shape index (κ1) is 14.9. The molecule has 0 atom stereocenters. The molecule has 2 rings (SSSR count). The lowest BCUT2D eigenvalue weighted by atomic mass is 10.4. The van der Waals surface area contributed by atoms with Gasteiger partial charge in [-0.15, -0.1) is 0 Å². The molecule has 2 N–H and O–H groups in total. The number of aromatic nitrogens is 3. The Bertz CT molecular complexity index is 714. The molecule has 0 spiro atoms. The van der Waals surface area contributed by atoms with Crippen molar-refractivity contribution in [3.05, 3.63) is 34.7 Å². The summed E-state index contributed by atoms with van der Waals surface area (Å²) in [6.45, 7) is 1.90. The Morgan fingerprint density at radius 3 is 2.85 bits per heavy atom. The number of aliphatic hydroxyl groups excluding tert-OH is 1. The maximum absolute atomic E-state index is 12.1. The zero-order chi connectivity index (χ0) is 14.8. The molecular formula is C11H13BrN4O3S. The first-order valence-electron chi connectivity index (χ1n) is 5.71. The second-order valence-electron chi connectivity index (χ2n) is 4.03. The van der Waals surface area contributed by atoms with E-state index in [1.54, 1.807) is 19.1 Å². The van der Waals surface area contributed by atoms with Gasteiger partial charge >= 0.3 is 0 Å². The first-order chi connectivity index (χ1) is 9.42. The van der Waals surface area contributed by atoms with Gasteiger partial charge in [-0.2, -0.15) is 5.10 Å². The third-order valence-electron chi connectivity index (χ3n) is 2.51. The van der Waals surface area contributed by atoms with E-state index in [2.05, 4.69) is 30.7 Å². The minimum Gasteiger partial charge on any atom is -0.394 e. The van der Waals surface area contributed by atoms with Crippen LogP contribution in [0.1, 0.15) is 5.69 Å². The number of aliphatic hydroxyl groups is 1. The van der Waals surface area contributed by atoms with E-state index in [1.807, 2.05) is 0 Å². The van der Waals surface area contributed by atoms with Gasteiger partial charge in [0.05, 0.1) is 25.0 Å². The fraction of sp³-hybridized carbons (Fsp3) is 0.273. The number of hydrogen-bond acceptors (Lipinski definition) is 5. The molecule has 7 nitrogen and oxygen atoms in total. The molecule has 0 aromatic carbocycles. The minimum atomic E-state index is -3.73. The van der Waals surface area contributed by atoms with Gasteiger partial charge < -0.3 is 5.11 Å². The van der Waals surface area contributed by atoms with E-state index >= 15 is 0 Å². The second-order valence-corrected chi connectivity index (χ2v) is 6.57. The zero-order valence-electron chi connectivity index (χ0n) is 10.6. The van der Waals surface area contributed by atoms with Crippen molar-refractivity contribution in [2.45, 2.75) is 18.4 Å². The number of rotatable bonds is 5. The van der Waals surface area contributed by atoms with Gasteiger partial charge in [0, 0.05) is 10.7 Å². The highest BCUT2D eigenvalue weighted by Gasteiger charge is 2.17. The van der Waals surface area contributed by atoms with Gasteiger partial charge in [0.25, 0.3) is 10.0 Å². The smallest absolute Gasteiger partial charge is 0.266 e. The van der Waals surface area contributed by atoms with Crippen LogP contribution in [0.4, 0.5) is 5.82 Å². The van der Waals surface area contributed by atoms with Crippen LogP contribution < -0.4 is 4.72 Å². The van der Waals surface area contributed by atoms with Gasteiger partial charge in [-0.1, -0.05) is 0 Å². The standard InChI is InChI=1S/C11H13BrN4O3S/c1-8-10(12)2-3-11(14-8)15-20(18,19)9-6-13-16(7-9)4-5-17/h2-3,6-7,17H,4-5H2,1H3,(H,14,15). The lowest BCUT2D eigenvalue weighted by Crippen LogP contribution is -2.13. The highest BCUT2D eigenvalue weighted by Crippen LogP contribution is 2.18. The quantitative estimate of drug-likeness (QED) is 0.833. The predicted octanol–water partition coefficient (Wildman–Crippen LogP) is 1.14. The van der Waals surface area contributed by atoms with Crippen LogP contribution >= 0.6 is 15.9 Å². The topological polar surface area (TPSA) is 97.1 Å². The molecule has 0 saturated carbocycles. The van der Waals surface area contributed by atoms with E-state index in [9.17, 15) is 8.42 Å². The molecule has 0 aliphatic heterocycles. The highest BCUT2D eigenvalue weighted by atomic mass is 79.9. The summed E-state index contributed by atoms with van der Waals surface area (Å²) in [6.07, 6.45) is 2.58. The number of aryl methyl sites for hydroxylation is 1. The molecule has 2 aromatic rings. The van der Waals surface area contributed by atoms with Crippen LogP contribution in [0.15, 0.2) is 33.9 Å². The van der Waals surface area contributed by atoms with Gasteiger partial charge in [-0.05, 0) is 35.0 Å². The molecule has 0 aliphatic rings. The van der Waals surface area contributed by atoms with Crippen molar-refractivity contribution >= 4 is 31.8 Å². The molecule has 2 aromatic heterocycles. The van der Waals surface area contributed by atoms with Crippen LogP contribution in [-0.2, 0) is 16.6 Å². The van der Waals surface area contributed by atoms with Gasteiger partial charge in [-0.25, -0.2) is 13.4 Å². The van der Waals surface area contributed by atoms with E-state index in [4.69, 9.17) is 5.11 Å². The maximum Gasteiger partial charge on any atom is 0.266 e. The lowest BCUT2D eigenvalue weighted by Gasteiger charge is -2.06. The maximum atomic E-state index is 12.1. The van der Waals surface area contributed by atoms with Crippen LogP contribution in [0.25, 0.3) is 0 Å². The monoisotopic (exact) mass is 360 g/mol. The molecule has 0 unspecified atom stereocenters. The number of nitrogens with one attached hydrogen (secondary N) is 1. The first-order valence-corrected chi connectivity index (χ1v) is 7.99. The van der Waals surface area contributed by atoms with Gasteiger partial charge in [0.1, 0.15) is 10.7 Å². The van der Waals surface area contributed by atoms with Crippen LogP contribution in [0.2, 0.25) is 0 Å². The van der Waals surface area contributed by atoms with Crippen molar-refractivity contribution in [2.75, 3.05) is 11.3 Å². The molecule has 20 heavy (non-hydrogen) atoms. The minimum absolute atomic E-state index is 0.0216. The van der Waals surface area contributed by atoms with Crippen LogP contribution in [0.3, 0.4) is 0 Å². The molecule has 0 bridgehead atoms. The Hall–Kier alpha value is -1.45. The number of halogens is 1. The highest BCUT2D eigenvalue weighted by molar-refractivity contribution is 9.10. The van der Waals surface area contributed by atoms with Crippen LogP contribution in [0, 0.1) is 6.92 Å². The van der Waals surface area contributed by atoms with Crippen molar-refractivity contribution in [1.29, 1.82) is 0 Å². The number of nitrogens with zero attached hydrogens (tertiary/aromatic N) is 3. The number of sulfonamides is 1. The Kier molecular flexibility index (Phi) is 4.41. The molecule has 2 heterocycles. The Balaban J connectivity index is 2.23. The van der Waals surface area contributed by atoms with Gasteiger partial charge in [0.2, 0.25) is 0 Å². The van der Waals surface area contributed by atoms with E-state index in [-0.39, 0.29) is 23.9 Å². The largest absolute Gasteiger partial charge is 0.394 e. The van der Waals surface area contributed by atoms with E-state index < -0.39 is 10.0 Å². The molecule has 9 heteroatoms. The SMILES string of the molecule is Cc1nc(NS(=O)(=O)c2cnn(CCO)c2)ccc1Br. The fourth-order valence-electron chi connectivity index (χ4n) is 1.51. The summed E-state index contributed by atoms with van der Waals surface area (Å²) >= 11 is 3.30. The summed E-state index contributed by atoms with van der Waals surface area (Å²) in [5.41, 5.74) is 0.682. The van der Waals surface area contributed by atoms with Crippen molar-refractivity contribution in [1.82, 2.24) is 14.8 Å². The summed E-state index contributed by atoms with van der Waals surface area (Å²) in [5, 5.41) is 12.6. The molecule has 0 aliphatic carbocycles. The summed E-state index contributed by atoms with van der Waals surface area (Å²) in [5.74, 6) is 0.237. The molecule has 0 fully saturated rings. The Morgan fingerprint density at radius 1 is 1.45 bits per heavy atom. The van der Waals surface area contributed by atoms with Crippen molar-refractivity contribution in [2.24, 2.45) is 0 Å². The van der Waals surface area contributed by atoms with Gasteiger partial charge in [-0.3, -0.25) is 9.40 Å². The number of pyridine rings is 1. The third kappa shape index (κ3) is 3.35. The summed E-state index contributed by atoms with van der Waals surface area (Å²) in [7, 11) is -3.73. The normalized spacial score (nSPS) is 11.6.